The van der Waals surface area contributed by atoms with Gasteiger partial charge in [0.05, 0.1) is 0 Å². The van der Waals surface area contributed by atoms with Crippen LogP contribution in [0.25, 0.3) is 0 Å². The van der Waals surface area contributed by atoms with Crippen molar-refractivity contribution in [1.82, 2.24) is 4.90 Å². The van der Waals surface area contributed by atoms with Gasteiger partial charge in [0, 0.05) is 6.54 Å². The Morgan fingerprint density at radius 2 is 1.60 bits per heavy atom. The first-order valence-electron chi connectivity index (χ1n) is 6.50. The second kappa shape index (κ2) is 7.27. The van der Waals surface area contributed by atoms with E-state index in [2.05, 4.69) is 46.6 Å². The molecule has 0 aromatic carbocycles. The van der Waals surface area contributed by atoms with Crippen molar-refractivity contribution in [1.29, 1.82) is 0 Å². The van der Waals surface area contributed by atoms with Gasteiger partial charge in [-0.15, -0.1) is 0 Å². The van der Waals surface area contributed by atoms with Gasteiger partial charge in [0.2, 0.25) is 0 Å². The van der Waals surface area contributed by atoms with Crippen LogP contribution < -0.4 is 0 Å². The van der Waals surface area contributed by atoms with Crippen molar-refractivity contribution >= 4 is 0 Å². The van der Waals surface area contributed by atoms with Gasteiger partial charge in [-0.05, 0) is 37.8 Å². The van der Waals surface area contributed by atoms with Gasteiger partial charge >= 0.3 is 0 Å². The Bertz CT molecular complexity index is 144. The van der Waals surface area contributed by atoms with Gasteiger partial charge in [-0.25, -0.2) is 0 Å². The summed E-state index contributed by atoms with van der Waals surface area (Å²) < 4.78 is 0. The van der Waals surface area contributed by atoms with E-state index in [1.807, 2.05) is 0 Å². The molecule has 0 unspecified atom stereocenters. The quantitative estimate of drug-likeness (QED) is 0.573. The van der Waals surface area contributed by atoms with Crippen LogP contribution in [0.2, 0.25) is 0 Å². The SMILES string of the molecule is CC(C)CN(C)CCCCCC(C)(C)C. The normalized spacial score (nSPS) is 12.8. The zero-order chi connectivity index (χ0) is 11.9. The molecule has 0 aromatic heterocycles. The van der Waals surface area contributed by atoms with Crippen LogP contribution in [-0.4, -0.2) is 25.0 Å². The number of rotatable bonds is 7. The van der Waals surface area contributed by atoms with Crippen LogP contribution in [0.3, 0.4) is 0 Å². The molecule has 0 fully saturated rings. The zero-order valence-electron chi connectivity index (χ0n) is 11.8. The van der Waals surface area contributed by atoms with E-state index in [4.69, 9.17) is 0 Å². The fourth-order valence-corrected chi connectivity index (χ4v) is 1.93. The molecule has 0 aliphatic carbocycles. The maximum absolute atomic E-state index is 2.46. The van der Waals surface area contributed by atoms with Gasteiger partial charge in [-0.1, -0.05) is 47.5 Å². The van der Waals surface area contributed by atoms with Gasteiger partial charge < -0.3 is 4.90 Å². The highest BCUT2D eigenvalue weighted by Gasteiger charge is 2.09. The van der Waals surface area contributed by atoms with Gasteiger partial charge in [0.25, 0.3) is 0 Å². The highest BCUT2D eigenvalue weighted by molar-refractivity contribution is 4.62. The molecule has 0 radical (unpaired) electrons. The fraction of sp³-hybridized carbons (Fsp3) is 1.00. The van der Waals surface area contributed by atoms with Crippen molar-refractivity contribution in [2.45, 2.75) is 60.3 Å². The summed E-state index contributed by atoms with van der Waals surface area (Å²) in [6.07, 6.45) is 5.50. The van der Waals surface area contributed by atoms with E-state index in [0.717, 1.165) is 5.92 Å². The standard InChI is InChI=1S/C14H31N/c1-13(2)12-15(6)11-9-7-8-10-14(3,4)5/h13H,7-12H2,1-6H3. The van der Waals surface area contributed by atoms with Crippen molar-refractivity contribution in [2.24, 2.45) is 11.3 Å². The third kappa shape index (κ3) is 11.9. The molecular weight excluding hydrogens is 182 g/mol. The minimum Gasteiger partial charge on any atom is -0.306 e. The predicted molar refractivity (Wildman–Crippen MR) is 70.3 cm³/mol. The van der Waals surface area contributed by atoms with Crippen LogP contribution in [0, 0.1) is 11.3 Å². The summed E-state index contributed by atoms with van der Waals surface area (Å²) in [6, 6.07) is 0. The third-order valence-corrected chi connectivity index (χ3v) is 2.64. The average molecular weight is 213 g/mol. The Hall–Kier alpha value is -0.0400. The van der Waals surface area contributed by atoms with Crippen LogP contribution in [0.5, 0.6) is 0 Å². The minimum absolute atomic E-state index is 0.518. The second-order valence-corrected chi connectivity index (χ2v) is 6.53. The van der Waals surface area contributed by atoms with E-state index < -0.39 is 0 Å². The fourth-order valence-electron chi connectivity index (χ4n) is 1.93. The molecule has 1 heteroatoms. The molecule has 0 saturated carbocycles. The highest BCUT2D eigenvalue weighted by Crippen LogP contribution is 2.21. The molecule has 15 heavy (non-hydrogen) atoms. The molecule has 0 aliphatic rings. The largest absolute Gasteiger partial charge is 0.306 e. The molecule has 0 bridgehead atoms. The summed E-state index contributed by atoms with van der Waals surface area (Å²) >= 11 is 0. The number of unbranched alkanes of at least 4 members (excludes halogenated alkanes) is 2. The van der Waals surface area contributed by atoms with Crippen molar-refractivity contribution in [3.8, 4) is 0 Å². The van der Waals surface area contributed by atoms with E-state index in [0.29, 0.717) is 5.41 Å². The summed E-state index contributed by atoms with van der Waals surface area (Å²) in [5.41, 5.74) is 0.518. The molecule has 0 aromatic rings. The minimum atomic E-state index is 0.518. The van der Waals surface area contributed by atoms with Gasteiger partial charge in [0.1, 0.15) is 0 Å². The predicted octanol–water partition coefficient (Wildman–Crippen LogP) is 4.18. The number of hydrogen-bond donors (Lipinski definition) is 0. The highest BCUT2D eigenvalue weighted by atomic mass is 15.1. The Morgan fingerprint density at radius 3 is 2.07 bits per heavy atom. The van der Waals surface area contributed by atoms with Crippen molar-refractivity contribution < 1.29 is 0 Å². The molecular formula is C14H31N. The van der Waals surface area contributed by atoms with E-state index in [1.165, 1.54) is 38.8 Å². The van der Waals surface area contributed by atoms with Crippen LogP contribution in [0.1, 0.15) is 60.3 Å². The molecule has 0 aliphatic heterocycles. The van der Waals surface area contributed by atoms with Crippen molar-refractivity contribution in [3.05, 3.63) is 0 Å². The van der Waals surface area contributed by atoms with Crippen LogP contribution >= 0.6 is 0 Å². The molecule has 0 amide bonds. The maximum atomic E-state index is 2.46. The van der Waals surface area contributed by atoms with Gasteiger partial charge in [-0.2, -0.15) is 0 Å². The Labute approximate surface area is 97.2 Å². The third-order valence-electron chi connectivity index (χ3n) is 2.64. The number of nitrogens with zero attached hydrogens (tertiary/aromatic N) is 1. The van der Waals surface area contributed by atoms with Crippen molar-refractivity contribution in [3.63, 3.8) is 0 Å². The van der Waals surface area contributed by atoms with E-state index >= 15 is 0 Å². The molecule has 0 heterocycles. The summed E-state index contributed by atoms with van der Waals surface area (Å²) in [5.74, 6) is 0.796. The molecule has 0 saturated heterocycles. The van der Waals surface area contributed by atoms with E-state index in [-0.39, 0.29) is 0 Å². The first-order chi connectivity index (χ1) is 6.81. The van der Waals surface area contributed by atoms with Crippen LogP contribution in [0.15, 0.2) is 0 Å². The second-order valence-electron chi connectivity index (χ2n) is 6.53. The molecule has 0 rings (SSSR count). The number of hydrogen-bond acceptors (Lipinski definition) is 1. The van der Waals surface area contributed by atoms with Crippen molar-refractivity contribution in [2.75, 3.05) is 20.1 Å². The summed E-state index contributed by atoms with van der Waals surface area (Å²) in [5, 5.41) is 0. The lowest BCUT2D eigenvalue weighted by atomic mass is 9.89. The molecule has 0 atom stereocenters. The van der Waals surface area contributed by atoms with E-state index in [1.54, 1.807) is 0 Å². The monoisotopic (exact) mass is 213 g/mol. The lowest BCUT2D eigenvalue weighted by Crippen LogP contribution is -2.24. The van der Waals surface area contributed by atoms with Crippen LogP contribution in [0.4, 0.5) is 0 Å². The lowest BCUT2D eigenvalue weighted by Gasteiger charge is -2.20. The van der Waals surface area contributed by atoms with E-state index in [9.17, 15) is 0 Å². The maximum Gasteiger partial charge on any atom is 0.000133 e. The Morgan fingerprint density at radius 1 is 1.00 bits per heavy atom. The topological polar surface area (TPSA) is 3.24 Å². The average Bonchev–Trinajstić information content (AvgIpc) is 1.99. The summed E-state index contributed by atoms with van der Waals surface area (Å²) in [4.78, 5) is 2.46. The zero-order valence-corrected chi connectivity index (χ0v) is 11.8. The molecule has 0 spiro atoms. The molecule has 0 N–H and O–H groups in total. The first kappa shape index (κ1) is 15.0. The van der Waals surface area contributed by atoms with Gasteiger partial charge in [0.15, 0.2) is 0 Å². The Balaban J connectivity index is 3.31. The summed E-state index contributed by atoms with van der Waals surface area (Å²) in [6.45, 7) is 14.1. The smallest absolute Gasteiger partial charge is 0.000133 e. The van der Waals surface area contributed by atoms with Gasteiger partial charge in [-0.3, -0.25) is 0 Å². The lowest BCUT2D eigenvalue weighted by molar-refractivity contribution is 0.283. The molecule has 92 valence electrons. The Kier molecular flexibility index (Phi) is 7.25. The first-order valence-corrected chi connectivity index (χ1v) is 6.50. The van der Waals surface area contributed by atoms with Crippen LogP contribution in [-0.2, 0) is 0 Å². The summed E-state index contributed by atoms with van der Waals surface area (Å²) in [7, 11) is 2.24. The molecule has 1 nitrogen and oxygen atoms in total.